The largest absolute Gasteiger partial charge is 0.379 e. The Balaban J connectivity index is 1.90. The quantitative estimate of drug-likeness (QED) is 0.768. The zero-order chi connectivity index (χ0) is 11.6. The molecule has 2 N–H and O–H groups in total. The smallest absolute Gasteiger partial charge is 0.0777 e. The normalized spacial score (nSPS) is 41.4. The Morgan fingerprint density at radius 3 is 2.88 bits per heavy atom. The predicted octanol–water partition coefficient (Wildman–Crippen LogP) is 0.605. The van der Waals surface area contributed by atoms with E-state index in [9.17, 15) is 0 Å². The number of hydrogen-bond acceptors (Lipinski definition) is 4. The first-order chi connectivity index (χ1) is 7.55. The second kappa shape index (κ2) is 4.61. The Morgan fingerprint density at radius 2 is 2.25 bits per heavy atom. The van der Waals surface area contributed by atoms with Crippen LogP contribution in [0.25, 0.3) is 0 Å². The lowest BCUT2D eigenvalue weighted by molar-refractivity contribution is -0.0550. The molecule has 4 nitrogen and oxygen atoms in total. The fraction of sp³-hybridized carbons (Fsp3) is 1.00. The van der Waals surface area contributed by atoms with Crippen molar-refractivity contribution < 1.29 is 9.47 Å². The van der Waals surface area contributed by atoms with Crippen LogP contribution in [0.2, 0.25) is 0 Å². The summed E-state index contributed by atoms with van der Waals surface area (Å²) in [6.07, 6.45) is 3.32. The van der Waals surface area contributed by atoms with Crippen molar-refractivity contribution in [1.82, 2.24) is 4.90 Å². The van der Waals surface area contributed by atoms with Crippen molar-refractivity contribution in [2.45, 2.75) is 37.3 Å². The van der Waals surface area contributed by atoms with E-state index in [4.69, 9.17) is 15.2 Å². The van der Waals surface area contributed by atoms with Gasteiger partial charge >= 0.3 is 0 Å². The number of rotatable bonds is 3. The van der Waals surface area contributed by atoms with Gasteiger partial charge in [0.1, 0.15) is 0 Å². The summed E-state index contributed by atoms with van der Waals surface area (Å²) in [5.74, 6) is 0. The lowest BCUT2D eigenvalue weighted by Gasteiger charge is -2.42. The molecule has 2 aliphatic heterocycles. The maximum absolute atomic E-state index is 6.31. The minimum atomic E-state index is -0.133. The molecule has 2 saturated heterocycles. The zero-order valence-electron chi connectivity index (χ0n) is 10.5. The molecule has 4 heteroatoms. The highest BCUT2D eigenvalue weighted by Gasteiger charge is 2.37. The van der Waals surface area contributed by atoms with Crippen molar-refractivity contribution in [2.75, 3.05) is 40.0 Å². The molecule has 2 atom stereocenters. The molecule has 2 fully saturated rings. The molecule has 2 rings (SSSR count). The maximum atomic E-state index is 6.31. The first-order valence-corrected chi connectivity index (χ1v) is 6.19. The third-order valence-corrected chi connectivity index (χ3v) is 3.90. The van der Waals surface area contributed by atoms with Gasteiger partial charge in [0.2, 0.25) is 0 Å². The number of ether oxygens (including phenoxy) is 2. The molecule has 0 aromatic heterocycles. The highest BCUT2D eigenvalue weighted by molar-refractivity contribution is 4.94. The van der Waals surface area contributed by atoms with Crippen molar-refractivity contribution in [3.05, 3.63) is 0 Å². The zero-order valence-corrected chi connectivity index (χ0v) is 10.5. The van der Waals surface area contributed by atoms with Gasteiger partial charge in [0.25, 0.3) is 0 Å². The summed E-state index contributed by atoms with van der Waals surface area (Å²) >= 11 is 0. The first-order valence-electron chi connectivity index (χ1n) is 6.19. The van der Waals surface area contributed by atoms with E-state index in [0.29, 0.717) is 6.61 Å². The van der Waals surface area contributed by atoms with E-state index in [1.165, 1.54) is 6.42 Å². The molecule has 2 unspecified atom stereocenters. The Kier molecular flexibility index (Phi) is 3.54. The minimum Gasteiger partial charge on any atom is -0.379 e. The van der Waals surface area contributed by atoms with E-state index in [1.807, 2.05) is 0 Å². The van der Waals surface area contributed by atoms with Crippen molar-refractivity contribution in [3.63, 3.8) is 0 Å². The van der Waals surface area contributed by atoms with E-state index in [2.05, 4.69) is 11.8 Å². The second-order valence-corrected chi connectivity index (χ2v) is 5.63. The van der Waals surface area contributed by atoms with Gasteiger partial charge in [-0.05, 0) is 32.7 Å². The van der Waals surface area contributed by atoms with Gasteiger partial charge in [0.05, 0.1) is 17.7 Å². The third-order valence-electron chi connectivity index (χ3n) is 3.90. The Bertz CT molecular complexity index is 241. The van der Waals surface area contributed by atoms with Crippen LogP contribution in [0, 0.1) is 0 Å². The molecule has 0 radical (unpaired) electrons. The van der Waals surface area contributed by atoms with Crippen LogP contribution in [0.5, 0.6) is 0 Å². The van der Waals surface area contributed by atoms with E-state index >= 15 is 0 Å². The van der Waals surface area contributed by atoms with E-state index in [0.717, 1.165) is 39.1 Å². The van der Waals surface area contributed by atoms with Crippen LogP contribution in [0.4, 0.5) is 0 Å². The molecule has 2 aliphatic rings. The topological polar surface area (TPSA) is 47.7 Å². The predicted molar refractivity (Wildman–Crippen MR) is 63.4 cm³/mol. The Hall–Kier alpha value is -0.160. The van der Waals surface area contributed by atoms with Crippen molar-refractivity contribution in [2.24, 2.45) is 5.73 Å². The number of methoxy groups -OCH3 is 1. The average molecular weight is 228 g/mol. The first kappa shape index (κ1) is 12.3. The Labute approximate surface area is 98.1 Å². The van der Waals surface area contributed by atoms with Gasteiger partial charge in [0, 0.05) is 26.8 Å². The van der Waals surface area contributed by atoms with Gasteiger partial charge in [0.15, 0.2) is 0 Å². The van der Waals surface area contributed by atoms with Crippen LogP contribution >= 0.6 is 0 Å². The molecule has 0 bridgehead atoms. The van der Waals surface area contributed by atoms with Gasteiger partial charge < -0.3 is 15.2 Å². The van der Waals surface area contributed by atoms with Gasteiger partial charge in [-0.2, -0.15) is 0 Å². The van der Waals surface area contributed by atoms with E-state index in [-0.39, 0.29) is 11.1 Å². The number of nitrogens with two attached hydrogens (primary N) is 1. The molecule has 2 heterocycles. The highest BCUT2D eigenvalue weighted by atomic mass is 16.5. The van der Waals surface area contributed by atoms with Gasteiger partial charge in [-0.15, -0.1) is 0 Å². The van der Waals surface area contributed by atoms with Crippen LogP contribution in [-0.2, 0) is 9.47 Å². The average Bonchev–Trinajstić information content (AvgIpc) is 2.65. The molecular formula is C12H24N2O2. The van der Waals surface area contributed by atoms with Crippen LogP contribution in [0.1, 0.15) is 26.2 Å². The molecule has 0 aliphatic carbocycles. The summed E-state index contributed by atoms with van der Waals surface area (Å²) in [6.45, 7) is 6.76. The molecule has 16 heavy (non-hydrogen) atoms. The molecular weight excluding hydrogens is 204 g/mol. The minimum absolute atomic E-state index is 0.00801. The highest BCUT2D eigenvalue weighted by Crippen LogP contribution is 2.26. The number of likely N-dealkylation sites (tertiary alicyclic amines) is 1. The maximum Gasteiger partial charge on any atom is 0.0777 e. The van der Waals surface area contributed by atoms with Gasteiger partial charge in [-0.25, -0.2) is 0 Å². The van der Waals surface area contributed by atoms with Gasteiger partial charge in [-0.3, -0.25) is 4.90 Å². The molecule has 0 saturated carbocycles. The lowest BCUT2D eigenvalue weighted by atomic mass is 9.92. The standard InChI is InChI=1S/C12H24N2O2/c1-11(15-2)4-3-6-14(8-11)9-12(13)5-7-16-10-12/h3-10,13H2,1-2H3. The van der Waals surface area contributed by atoms with Crippen LogP contribution in [0.15, 0.2) is 0 Å². The van der Waals surface area contributed by atoms with E-state index in [1.54, 1.807) is 7.11 Å². The van der Waals surface area contributed by atoms with Crippen LogP contribution in [0.3, 0.4) is 0 Å². The summed E-state index contributed by atoms with van der Waals surface area (Å²) in [5.41, 5.74) is 6.19. The number of piperidine rings is 1. The van der Waals surface area contributed by atoms with E-state index < -0.39 is 0 Å². The molecule has 0 amide bonds. The molecule has 0 aromatic carbocycles. The van der Waals surface area contributed by atoms with Gasteiger partial charge in [-0.1, -0.05) is 0 Å². The molecule has 94 valence electrons. The van der Waals surface area contributed by atoms with Crippen molar-refractivity contribution in [1.29, 1.82) is 0 Å². The summed E-state index contributed by atoms with van der Waals surface area (Å²) in [6, 6.07) is 0. The third kappa shape index (κ3) is 2.74. The second-order valence-electron chi connectivity index (χ2n) is 5.63. The number of hydrogen-bond donors (Lipinski definition) is 1. The fourth-order valence-corrected chi connectivity index (χ4v) is 2.80. The number of nitrogens with zero attached hydrogens (tertiary/aromatic N) is 1. The summed E-state index contributed by atoms with van der Waals surface area (Å²) in [7, 11) is 1.81. The summed E-state index contributed by atoms with van der Waals surface area (Å²) < 4.78 is 11.0. The molecule has 0 aromatic rings. The Morgan fingerprint density at radius 1 is 1.44 bits per heavy atom. The van der Waals surface area contributed by atoms with Crippen molar-refractivity contribution in [3.8, 4) is 0 Å². The SMILES string of the molecule is COC1(C)CCCN(CC2(N)CCOC2)C1. The molecule has 0 spiro atoms. The van der Waals surface area contributed by atoms with Crippen LogP contribution in [-0.4, -0.2) is 56.0 Å². The monoisotopic (exact) mass is 228 g/mol. The lowest BCUT2D eigenvalue weighted by Crippen LogP contribution is -2.56. The summed E-state index contributed by atoms with van der Waals surface area (Å²) in [4.78, 5) is 2.43. The van der Waals surface area contributed by atoms with Crippen LogP contribution < -0.4 is 5.73 Å². The van der Waals surface area contributed by atoms with Crippen molar-refractivity contribution >= 4 is 0 Å². The summed E-state index contributed by atoms with van der Waals surface area (Å²) in [5, 5.41) is 0. The fourth-order valence-electron chi connectivity index (χ4n) is 2.80.